The minimum Gasteiger partial charge on any atom is -0.489 e. The molecule has 3 rings (SSSR count). The molecule has 0 radical (unpaired) electrons. The van der Waals surface area contributed by atoms with E-state index in [1.807, 2.05) is 58.0 Å². The first kappa shape index (κ1) is 23.0. The summed E-state index contributed by atoms with van der Waals surface area (Å²) in [6.45, 7) is 10.3. The third-order valence-corrected chi connectivity index (χ3v) is 3.88. The predicted octanol–water partition coefficient (Wildman–Crippen LogP) is 6.99. The van der Waals surface area contributed by atoms with Gasteiger partial charge in [0.15, 0.2) is 0 Å². The maximum Gasteiger partial charge on any atom is 0.336 e. The second kappa shape index (κ2) is 12.3. The Kier molecular flexibility index (Phi) is 10.1. The number of benzene rings is 3. The van der Waals surface area contributed by atoms with Crippen molar-refractivity contribution in [2.75, 3.05) is 0 Å². The summed E-state index contributed by atoms with van der Waals surface area (Å²) in [6, 6.07) is 23.0. The number of carboxylic acid groups (broad SMARTS) is 1. The lowest BCUT2D eigenvalue weighted by Crippen LogP contribution is -2.05. The molecule has 0 fully saturated rings. The Morgan fingerprint density at radius 3 is 1.82 bits per heavy atom. The second-order valence-corrected chi connectivity index (χ2v) is 5.64. The van der Waals surface area contributed by atoms with Crippen molar-refractivity contribution in [1.29, 1.82) is 0 Å². The van der Waals surface area contributed by atoms with Gasteiger partial charge in [0, 0.05) is 5.56 Å². The number of ether oxygens (including phenoxy) is 1. The Hall–Kier alpha value is -3.07. The molecule has 3 nitrogen and oxygen atoms in total. The molecule has 28 heavy (non-hydrogen) atoms. The number of rotatable bonds is 5. The van der Waals surface area contributed by atoms with Gasteiger partial charge >= 0.3 is 5.97 Å². The minimum atomic E-state index is -0.941. The van der Waals surface area contributed by atoms with Crippen molar-refractivity contribution in [3.8, 4) is 16.9 Å². The van der Waals surface area contributed by atoms with Gasteiger partial charge in [0.1, 0.15) is 12.4 Å². The molecule has 0 bridgehead atoms. The molecule has 3 heteroatoms. The van der Waals surface area contributed by atoms with Crippen molar-refractivity contribution in [2.24, 2.45) is 0 Å². The van der Waals surface area contributed by atoms with Gasteiger partial charge in [-0.2, -0.15) is 0 Å². The molecule has 0 aliphatic carbocycles. The van der Waals surface area contributed by atoms with Gasteiger partial charge in [-0.25, -0.2) is 4.79 Å². The number of aromatic carboxylic acids is 1. The average Bonchev–Trinajstić information content (AvgIpc) is 2.76. The molecule has 0 atom stereocenters. The van der Waals surface area contributed by atoms with Crippen LogP contribution in [0, 0.1) is 6.92 Å². The predicted molar refractivity (Wildman–Crippen MR) is 117 cm³/mol. The summed E-state index contributed by atoms with van der Waals surface area (Å²) in [5.74, 6) is -0.227. The van der Waals surface area contributed by atoms with Crippen LogP contribution in [0.3, 0.4) is 0 Å². The van der Waals surface area contributed by atoms with E-state index in [0.29, 0.717) is 11.3 Å². The van der Waals surface area contributed by atoms with E-state index in [9.17, 15) is 9.90 Å². The molecule has 0 aliphatic heterocycles. The summed E-state index contributed by atoms with van der Waals surface area (Å²) in [7, 11) is 0. The molecule has 0 unspecified atom stereocenters. The number of aryl methyl sites for hydroxylation is 1. The van der Waals surface area contributed by atoms with Crippen LogP contribution in [0.15, 0.2) is 72.8 Å². The van der Waals surface area contributed by atoms with Crippen molar-refractivity contribution in [3.63, 3.8) is 0 Å². The van der Waals surface area contributed by atoms with E-state index in [0.717, 1.165) is 11.1 Å². The van der Waals surface area contributed by atoms with Crippen molar-refractivity contribution in [3.05, 3.63) is 89.5 Å². The quantitative estimate of drug-likeness (QED) is 0.520. The molecule has 0 amide bonds. The zero-order valence-electron chi connectivity index (χ0n) is 17.4. The fourth-order valence-electron chi connectivity index (χ4n) is 2.51. The SMILES string of the molecule is CC.CC.Cc1ccc(-c2ccc(OCc3ccccc3C(=O)O)cc2)cc1. The van der Waals surface area contributed by atoms with Crippen molar-refractivity contribution in [2.45, 2.75) is 41.2 Å². The van der Waals surface area contributed by atoms with E-state index in [1.165, 1.54) is 5.56 Å². The molecule has 3 aromatic carbocycles. The molecular formula is C25H30O3. The van der Waals surface area contributed by atoms with Crippen LogP contribution in [-0.2, 0) is 6.61 Å². The molecule has 148 valence electrons. The van der Waals surface area contributed by atoms with E-state index < -0.39 is 5.97 Å². The van der Waals surface area contributed by atoms with Crippen LogP contribution in [0.2, 0.25) is 0 Å². The van der Waals surface area contributed by atoms with Crippen LogP contribution in [0.4, 0.5) is 0 Å². The summed E-state index contributed by atoms with van der Waals surface area (Å²) in [5, 5.41) is 9.19. The summed E-state index contributed by atoms with van der Waals surface area (Å²) in [4.78, 5) is 11.2. The van der Waals surface area contributed by atoms with E-state index in [2.05, 4.69) is 31.2 Å². The Morgan fingerprint density at radius 2 is 1.29 bits per heavy atom. The van der Waals surface area contributed by atoms with Crippen LogP contribution in [0.5, 0.6) is 5.75 Å². The van der Waals surface area contributed by atoms with Gasteiger partial charge in [-0.3, -0.25) is 0 Å². The highest BCUT2D eigenvalue weighted by Crippen LogP contribution is 2.23. The third-order valence-electron chi connectivity index (χ3n) is 3.88. The fourth-order valence-corrected chi connectivity index (χ4v) is 2.51. The monoisotopic (exact) mass is 378 g/mol. The van der Waals surface area contributed by atoms with Crippen LogP contribution < -0.4 is 4.74 Å². The Bertz CT molecular complexity index is 834. The maximum absolute atomic E-state index is 11.2. The van der Waals surface area contributed by atoms with Crippen molar-refractivity contribution >= 4 is 5.97 Å². The zero-order valence-corrected chi connectivity index (χ0v) is 17.4. The smallest absolute Gasteiger partial charge is 0.336 e. The standard InChI is InChI=1S/C21H18O3.2C2H6/c1-15-6-8-16(9-7-15)17-10-12-19(13-11-17)24-14-18-4-2-3-5-20(18)21(22)23;2*1-2/h2-13H,14H2,1H3,(H,22,23);2*1-2H3. The lowest BCUT2D eigenvalue weighted by atomic mass is 10.0. The summed E-state index contributed by atoms with van der Waals surface area (Å²) >= 11 is 0. The Labute approximate surface area is 168 Å². The number of carboxylic acids is 1. The topological polar surface area (TPSA) is 46.5 Å². The van der Waals surface area contributed by atoms with Gasteiger partial charge in [0.2, 0.25) is 0 Å². The zero-order chi connectivity index (χ0) is 20.9. The van der Waals surface area contributed by atoms with Gasteiger partial charge in [0.25, 0.3) is 0 Å². The minimum absolute atomic E-state index is 0.229. The lowest BCUT2D eigenvalue weighted by molar-refractivity contribution is 0.0694. The summed E-state index contributed by atoms with van der Waals surface area (Å²) in [6.07, 6.45) is 0. The first-order chi connectivity index (χ1) is 13.6. The Balaban J connectivity index is 0.000000921. The van der Waals surface area contributed by atoms with E-state index in [4.69, 9.17) is 4.74 Å². The van der Waals surface area contributed by atoms with Crippen molar-refractivity contribution in [1.82, 2.24) is 0 Å². The van der Waals surface area contributed by atoms with Crippen LogP contribution in [0.1, 0.15) is 49.2 Å². The van der Waals surface area contributed by atoms with E-state index in [1.54, 1.807) is 18.2 Å². The largest absolute Gasteiger partial charge is 0.489 e. The van der Waals surface area contributed by atoms with E-state index in [-0.39, 0.29) is 12.2 Å². The highest BCUT2D eigenvalue weighted by molar-refractivity contribution is 5.89. The maximum atomic E-state index is 11.2. The molecule has 0 spiro atoms. The van der Waals surface area contributed by atoms with Gasteiger partial charge in [-0.05, 0) is 36.2 Å². The normalized spacial score (nSPS) is 9.32. The van der Waals surface area contributed by atoms with Gasteiger partial charge in [-0.1, -0.05) is 87.9 Å². The fraction of sp³-hybridized carbons (Fsp3) is 0.240. The molecule has 0 saturated carbocycles. The van der Waals surface area contributed by atoms with Gasteiger partial charge < -0.3 is 9.84 Å². The Morgan fingerprint density at radius 1 is 0.786 bits per heavy atom. The first-order valence-corrected chi connectivity index (χ1v) is 9.74. The highest BCUT2D eigenvalue weighted by atomic mass is 16.5. The van der Waals surface area contributed by atoms with Crippen LogP contribution in [-0.4, -0.2) is 11.1 Å². The lowest BCUT2D eigenvalue weighted by Gasteiger charge is -2.09. The molecule has 0 heterocycles. The third kappa shape index (κ3) is 6.58. The summed E-state index contributed by atoms with van der Waals surface area (Å²) < 4.78 is 5.73. The number of carbonyl (C=O) groups is 1. The molecule has 1 N–H and O–H groups in total. The molecule has 0 saturated heterocycles. The van der Waals surface area contributed by atoms with E-state index >= 15 is 0 Å². The van der Waals surface area contributed by atoms with Gasteiger partial charge in [-0.15, -0.1) is 0 Å². The molecular weight excluding hydrogens is 348 g/mol. The van der Waals surface area contributed by atoms with Crippen LogP contribution >= 0.6 is 0 Å². The molecule has 3 aromatic rings. The summed E-state index contributed by atoms with van der Waals surface area (Å²) in [5.41, 5.74) is 4.44. The van der Waals surface area contributed by atoms with Crippen LogP contribution in [0.25, 0.3) is 11.1 Å². The average molecular weight is 379 g/mol. The first-order valence-electron chi connectivity index (χ1n) is 9.74. The highest BCUT2D eigenvalue weighted by Gasteiger charge is 2.09. The number of hydrogen-bond donors (Lipinski definition) is 1. The van der Waals surface area contributed by atoms with Gasteiger partial charge in [0.05, 0.1) is 5.56 Å². The number of hydrogen-bond acceptors (Lipinski definition) is 2. The molecule has 0 aromatic heterocycles. The second-order valence-electron chi connectivity index (χ2n) is 5.64. The molecule has 0 aliphatic rings. The van der Waals surface area contributed by atoms with Crippen molar-refractivity contribution < 1.29 is 14.6 Å².